The normalized spacial score (nSPS) is 10.7. The number of aryl methyl sites for hydroxylation is 1. The van der Waals surface area contributed by atoms with Crippen LogP contribution >= 0.6 is 38.5 Å². The first-order valence-electron chi connectivity index (χ1n) is 5.67. The maximum atomic E-state index is 11.0. The van der Waals surface area contributed by atoms with Gasteiger partial charge in [0.1, 0.15) is 5.82 Å². The molecule has 0 aliphatic rings. The first-order chi connectivity index (χ1) is 9.02. The third-order valence-electron chi connectivity index (χ3n) is 2.49. The predicted molar refractivity (Wildman–Crippen MR) is 82.7 cm³/mol. The fourth-order valence-corrected chi connectivity index (χ4v) is 2.39. The average Bonchev–Trinajstić information content (AvgIpc) is 2.77. The number of benzene rings is 1. The van der Waals surface area contributed by atoms with Crippen molar-refractivity contribution in [2.75, 3.05) is 0 Å². The van der Waals surface area contributed by atoms with E-state index in [4.69, 9.17) is 5.11 Å². The molecule has 0 saturated heterocycles. The maximum Gasteiger partial charge on any atom is 0.375 e. The first kappa shape index (κ1) is 14.4. The molecule has 5 nitrogen and oxygen atoms in total. The molecule has 0 aliphatic heterocycles. The van der Waals surface area contributed by atoms with Crippen molar-refractivity contribution in [1.82, 2.24) is 14.8 Å². The Morgan fingerprint density at radius 1 is 1.53 bits per heavy atom. The Bertz CT molecular complexity index is 627. The van der Waals surface area contributed by atoms with Gasteiger partial charge in [0, 0.05) is 14.5 Å². The fourth-order valence-electron chi connectivity index (χ4n) is 1.64. The number of carboxylic acid groups (broad SMARTS) is 1. The van der Waals surface area contributed by atoms with Crippen LogP contribution in [0.3, 0.4) is 0 Å². The summed E-state index contributed by atoms with van der Waals surface area (Å²) in [6.07, 6.45) is 1.57. The van der Waals surface area contributed by atoms with E-state index in [0.717, 1.165) is 20.2 Å². The van der Waals surface area contributed by atoms with E-state index in [0.29, 0.717) is 12.2 Å². The number of aromatic carboxylic acids is 1. The number of rotatable bonds is 4. The van der Waals surface area contributed by atoms with Crippen LogP contribution in [0.2, 0.25) is 0 Å². The Kier molecular flexibility index (Phi) is 4.56. The minimum atomic E-state index is -1.11. The zero-order valence-electron chi connectivity index (χ0n) is 10.1. The van der Waals surface area contributed by atoms with Crippen molar-refractivity contribution >= 4 is 44.5 Å². The monoisotopic (exact) mass is 435 g/mol. The summed E-state index contributed by atoms with van der Waals surface area (Å²) in [5, 5.41) is 13.0. The summed E-state index contributed by atoms with van der Waals surface area (Å²) in [4.78, 5) is 15.0. The van der Waals surface area contributed by atoms with Gasteiger partial charge in [-0.15, -0.1) is 5.10 Å². The summed E-state index contributed by atoms with van der Waals surface area (Å²) in [5.41, 5.74) is 0.816. The standard InChI is InChI=1S/C12H11BrIN3O2/c1-2-3-10-15-11(12(18)19)16-17(10)7-4-5-8(13)9(14)6-7/h4-6H,2-3H2,1H3,(H,18,19). The van der Waals surface area contributed by atoms with Crippen molar-refractivity contribution in [3.05, 3.63) is 37.9 Å². The third kappa shape index (κ3) is 3.14. The summed E-state index contributed by atoms with van der Waals surface area (Å²) in [6.45, 7) is 2.02. The molecule has 0 aliphatic carbocycles. The zero-order valence-corrected chi connectivity index (χ0v) is 13.8. The zero-order chi connectivity index (χ0) is 14.0. The van der Waals surface area contributed by atoms with Crippen LogP contribution in [0, 0.1) is 3.57 Å². The van der Waals surface area contributed by atoms with Crippen molar-refractivity contribution < 1.29 is 9.90 Å². The number of carboxylic acids is 1. The number of hydrogen-bond acceptors (Lipinski definition) is 3. The molecular formula is C12H11BrIN3O2. The largest absolute Gasteiger partial charge is 0.475 e. The second-order valence-electron chi connectivity index (χ2n) is 3.92. The number of carbonyl (C=O) groups is 1. The molecule has 1 aromatic carbocycles. The van der Waals surface area contributed by atoms with Crippen molar-refractivity contribution in [2.45, 2.75) is 19.8 Å². The van der Waals surface area contributed by atoms with Gasteiger partial charge in [0.05, 0.1) is 5.69 Å². The van der Waals surface area contributed by atoms with E-state index in [1.54, 1.807) is 4.68 Å². The van der Waals surface area contributed by atoms with E-state index >= 15 is 0 Å². The molecule has 0 fully saturated rings. The smallest absolute Gasteiger partial charge is 0.375 e. The molecule has 1 heterocycles. The van der Waals surface area contributed by atoms with E-state index < -0.39 is 5.97 Å². The van der Waals surface area contributed by atoms with Gasteiger partial charge in [0.15, 0.2) is 0 Å². The molecule has 0 saturated carbocycles. The van der Waals surface area contributed by atoms with E-state index in [1.807, 2.05) is 25.1 Å². The van der Waals surface area contributed by atoms with Crippen molar-refractivity contribution in [3.63, 3.8) is 0 Å². The molecule has 19 heavy (non-hydrogen) atoms. The molecule has 2 rings (SSSR count). The molecule has 0 amide bonds. The van der Waals surface area contributed by atoms with E-state index in [1.165, 1.54) is 0 Å². The second-order valence-corrected chi connectivity index (χ2v) is 5.93. The Labute approximate surface area is 132 Å². The van der Waals surface area contributed by atoms with Crippen LogP contribution < -0.4 is 0 Å². The number of hydrogen-bond donors (Lipinski definition) is 1. The first-order valence-corrected chi connectivity index (χ1v) is 7.54. The Morgan fingerprint density at radius 2 is 2.26 bits per heavy atom. The van der Waals surface area contributed by atoms with Gasteiger partial charge < -0.3 is 5.11 Å². The van der Waals surface area contributed by atoms with Crippen LogP contribution in [-0.4, -0.2) is 25.8 Å². The maximum absolute atomic E-state index is 11.0. The topological polar surface area (TPSA) is 68.0 Å². The van der Waals surface area contributed by atoms with Crippen LogP contribution in [0.5, 0.6) is 0 Å². The predicted octanol–water partition coefficient (Wildman–Crippen LogP) is 3.29. The molecule has 0 radical (unpaired) electrons. The molecule has 1 N–H and O–H groups in total. The van der Waals surface area contributed by atoms with Crippen molar-refractivity contribution in [3.8, 4) is 5.69 Å². The SMILES string of the molecule is CCCc1nc(C(=O)O)nn1-c1ccc(Br)c(I)c1. The van der Waals surface area contributed by atoms with E-state index in [2.05, 4.69) is 48.6 Å². The lowest BCUT2D eigenvalue weighted by Crippen LogP contribution is -2.04. The summed E-state index contributed by atoms with van der Waals surface area (Å²) in [6, 6.07) is 5.73. The van der Waals surface area contributed by atoms with Crippen LogP contribution in [0.4, 0.5) is 0 Å². The highest BCUT2D eigenvalue weighted by Crippen LogP contribution is 2.22. The average molecular weight is 436 g/mol. The second kappa shape index (κ2) is 6.00. The van der Waals surface area contributed by atoms with Gasteiger partial charge >= 0.3 is 5.97 Å². The Hall–Kier alpha value is -0.960. The highest BCUT2D eigenvalue weighted by Gasteiger charge is 2.16. The van der Waals surface area contributed by atoms with Gasteiger partial charge in [-0.05, 0) is 63.1 Å². The molecule has 2 aromatic rings. The van der Waals surface area contributed by atoms with Gasteiger partial charge in [-0.2, -0.15) is 0 Å². The lowest BCUT2D eigenvalue weighted by Gasteiger charge is -2.06. The molecule has 0 unspecified atom stereocenters. The molecule has 0 spiro atoms. The van der Waals surface area contributed by atoms with Crippen molar-refractivity contribution in [2.24, 2.45) is 0 Å². The highest BCUT2D eigenvalue weighted by atomic mass is 127. The number of nitrogens with zero attached hydrogens (tertiary/aromatic N) is 3. The number of halogens is 2. The lowest BCUT2D eigenvalue weighted by atomic mass is 10.3. The van der Waals surface area contributed by atoms with Gasteiger partial charge in [-0.1, -0.05) is 6.92 Å². The summed E-state index contributed by atoms with van der Waals surface area (Å²) in [7, 11) is 0. The van der Waals surface area contributed by atoms with Gasteiger partial charge in [0.2, 0.25) is 0 Å². The molecule has 0 atom stereocenters. The highest BCUT2D eigenvalue weighted by molar-refractivity contribution is 14.1. The van der Waals surface area contributed by atoms with Gasteiger partial charge in [-0.25, -0.2) is 14.5 Å². The van der Waals surface area contributed by atoms with Crippen LogP contribution in [0.15, 0.2) is 22.7 Å². The third-order valence-corrected chi connectivity index (χ3v) is 4.81. The quantitative estimate of drug-likeness (QED) is 0.748. The Morgan fingerprint density at radius 3 is 2.84 bits per heavy atom. The minimum absolute atomic E-state index is 0.165. The molecule has 7 heteroatoms. The van der Waals surface area contributed by atoms with Crippen LogP contribution in [0.25, 0.3) is 5.69 Å². The summed E-state index contributed by atoms with van der Waals surface area (Å²) >= 11 is 5.64. The van der Waals surface area contributed by atoms with Crippen LogP contribution in [0.1, 0.15) is 29.8 Å². The summed E-state index contributed by atoms with van der Waals surface area (Å²) < 4.78 is 3.62. The number of aromatic nitrogens is 3. The minimum Gasteiger partial charge on any atom is -0.475 e. The van der Waals surface area contributed by atoms with Crippen LogP contribution in [-0.2, 0) is 6.42 Å². The molecule has 1 aromatic heterocycles. The van der Waals surface area contributed by atoms with Crippen molar-refractivity contribution in [1.29, 1.82) is 0 Å². The van der Waals surface area contributed by atoms with Gasteiger partial charge in [0.25, 0.3) is 5.82 Å². The Balaban J connectivity index is 2.52. The van der Waals surface area contributed by atoms with E-state index in [-0.39, 0.29) is 5.82 Å². The summed E-state index contributed by atoms with van der Waals surface area (Å²) in [5.74, 6) is -0.609. The molecule has 0 bridgehead atoms. The lowest BCUT2D eigenvalue weighted by molar-refractivity contribution is 0.0683. The molecular weight excluding hydrogens is 425 g/mol. The van der Waals surface area contributed by atoms with Gasteiger partial charge in [-0.3, -0.25) is 0 Å². The van der Waals surface area contributed by atoms with E-state index in [9.17, 15) is 4.79 Å². The fraction of sp³-hybridized carbons (Fsp3) is 0.250. The molecule has 100 valence electrons.